The number of rotatable bonds is 3. The van der Waals surface area contributed by atoms with E-state index in [1.54, 1.807) is 18.2 Å². The number of aromatic nitrogens is 2. The van der Waals surface area contributed by atoms with Gasteiger partial charge in [0.2, 0.25) is 5.91 Å². The normalized spacial score (nSPS) is 13.3. The molecule has 122 valence electrons. The van der Waals surface area contributed by atoms with Gasteiger partial charge in [0.15, 0.2) is 0 Å². The lowest BCUT2D eigenvalue weighted by Crippen LogP contribution is -2.31. The third-order valence-corrected chi connectivity index (χ3v) is 4.40. The van der Waals surface area contributed by atoms with E-state index in [4.69, 9.17) is 11.6 Å². The molecule has 0 aliphatic carbocycles. The summed E-state index contributed by atoms with van der Waals surface area (Å²) in [5.74, 6) is -0.102. The number of nitrogens with one attached hydrogen (secondary N) is 3. The number of nitrogens with zero attached hydrogens (tertiary/aromatic N) is 1. The summed E-state index contributed by atoms with van der Waals surface area (Å²) in [6, 6.07) is 11.0. The third kappa shape index (κ3) is 2.76. The van der Waals surface area contributed by atoms with Crippen LogP contribution in [0.2, 0.25) is 5.02 Å². The number of carbonyl (C=O) groups excluding carboxylic acids is 1. The molecule has 6 nitrogen and oxygen atoms in total. The zero-order valence-electron chi connectivity index (χ0n) is 12.7. The van der Waals surface area contributed by atoms with Crippen LogP contribution in [-0.4, -0.2) is 29.0 Å². The highest BCUT2D eigenvalue weighted by molar-refractivity contribution is 6.30. The van der Waals surface area contributed by atoms with Crippen molar-refractivity contribution >= 4 is 39.9 Å². The minimum absolute atomic E-state index is 0.102. The van der Waals surface area contributed by atoms with Crippen LogP contribution in [0.25, 0.3) is 11.0 Å². The molecule has 7 heteroatoms. The smallest absolute Gasteiger partial charge is 0.323 e. The van der Waals surface area contributed by atoms with Crippen LogP contribution in [0.5, 0.6) is 0 Å². The Kier molecular flexibility index (Phi) is 3.54. The van der Waals surface area contributed by atoms with Crippen molar-refractivity contribution in [3.8, 4) is 0 Å². The van der Waals surface area contributed by atoms with E-state index in [9.17, 15) is 9.59 Å². The molecule has 1 aromatic heterocycles. The van der Waals surface area contributed by atoms with Crippen LogP contribution in [-0.2, 0) is 11.2 Å². The second-order valence-electron chi connectivity index (χ2n) is 5.83. The molecule has 4 rings (SSSR count). The zero-order valence-corrected chi connectivity index (χ0v) is 13.5. The molecule has 1 aliphatic rings. The quantitative estimate of drug-likeness (QED) is 0.684. The van der Waals surface area contributed by atoms with Crippen LogP contribution in [0.4, 0.5) is 11.4 Å². The highest BCUT2D eigenvalue weighted by Gasteiger charge is 2.21. The van der Waals surface area contributed by atoms with Crippen molar-refractivity contribution in [1.29, 1.82) is 0 Å². The van der Waals surface area contributed by atoms with Crippen LogP contribution >= 0.6 is 11.6 Å². The molecule has 0 spiro atoms. The Hall–Kier alpha value is -2.73. The maximum Gasteiger partial charge on any atom is 0.323 e. The summed E-state index contributed by atoms with van der Waals surface area (Å²) in [5, 5.41) is 3.59. The lowest BCUT2D eigenvalue weighted by atomic mass is 10.2. The first-order valence-electron chi connectivity index (χ1n) is 7.64. The van der Waals surface area contributed by atoms with Gasteiger partial charge < -0.3 is 20.2 Å². The predicted octanol–water partition coefficient (Wildman–Crippen LogP) is 2.51. The Morgan fingerprint density at radius 2 is 2.00 bits per heavy atom. The Morgan fingerprint density at radius 1 is 1.17 bits per heavy atom. The van der Waals surface area contributed by atoms with Crippen molar-refractivity contribution in [3.63, 3.8) is 0 Å². The number of benzene rings is 2. The summed E-state index contributed by atoms with van der Waals surface area (Å²) < 4.78 is 0. The van der Waals surface area contributed by atoms with Gasteiger partial charge in [-0.15, -0.1) is 0 Å². The van der Waals surface area contributed by atoms with Gasteiger partial charge in [0.05, 0.1) is 17.6 Å². The molecule has 24 heavy (non-hydrogen) atoms. The number of carbonyl (C=O) groups is 1. The largest absolute Gasteiger partial charge is 0.362 e. The Bertz CT molecular complexity index is 992. The number of imidazole rings is 1. The van der Waals surface area contributed by atoms with Gasteiger partial charge in [-0.05, 0) is 48.4 Å². The summed E-state index contributed by atoms with van der Waals surface area (Å²) >= 11 is 6.01. The Labute approximate surface area is 142 Å². The molecule has 0 bridgehead atoms. The maximum absolute atomic E-state index is 12.3. The molecule has 0 unspecified atom stereocenters. The zero-order chi connectivity index (χ0) is 16.7. The van der Waals surface area contributed by atoms with Gasteiger partial charge in [0.1, 0.15) is 0 Å². The highest BCUT2D eigenvalue weighted by Crippen LogP contribution is 2.30. The van der Waals surface area contributed by atoms with Crippen molar-refractivity contribution in [3.05, 3.63) is 57.5 Å². The minimum atomic E-state index is -0.263. The van der Waals surface area contributed by atoms with E-state index in [1.165, 1.54) is 5.56 Å². The fourth-order valence-corrected chi connectivity index (χ4v) is 3.28. The molecular weight excluding hydrogens is 328 g/mol. The molecule has 1 amide bonds. The first-order chi connectivity index (χ1) is 11.6. The molecule has 2 aromatic carbocycles. The minimum Gasteiger partial charge on any atom is -0.362 e. The van der Waals surface area contributed by atoms with E-state index in [1.807, 2.05) is 23.1 Å². The lowest BCUT2D eigenvalue weighted by Gasteiger charge is -2.18. The van der Waals surface area contributed by atoms with E-state index in [0.29, 0.717) is 21.7 Å². The van der Waals surface area contributed by atoms with Crippen molar-refractivity contribution in [1.82, 2.24) is 9.97 Å². The Morgan fingerprint density at radius 3 is 2.88 bits per heavy atom. The molecule has 3 N–H and O–H groups in total. The molecule has 0 saturated carbocycles. The van der Waals surface area contributed by atoms with Gasteiger partial charge in [-0.3, -0.25) is 4.79 Å². The molecule has 0 fully saturated rings. The fraction of sp³-hybridized carbons (Fsp3) is 0.176. The molecular formula is C17H15ClN4O2. The summed E-state index contributed by atoms with van der Waals surface area (Å²) in [5.41, 5.74) is 3.99. The summed E-state index contributed by atoms with van der Waals surface area (Å²) in [4.78, 5) is 31.0. The van der Waals surface area contributed by atoms with Crippen LogP contribution < -0.4 is 15.9 Å². The number of H-pyrrole nitrogens is 2. The van der Waals surface area contributed by atoms with Gasteiger partial charge in [-0.1, -0.05) is 11.6 Å². The van der Waals surface area contributed by atoms with Crippen LogP contribution in [0.1, 0.15) is 5.56 Å². The first-order valence-corrected chi connectivity index (χ1v) is 8.01. The van der Waals surface area contributed by atoms with Crippen molar-refractivity contribution in [2.75, 3.05) is 23.3 Å². The van der Waals surface area contributed by atoms with Gasteiger partial charge in [-0.2, -0.15) is 0 Å². The average Bonchev–Trinajstić information content (AvgIpc) is 3.09. The highest BCUT2D eigenvalue weighted by atomic mass is 35.5. The number of anilines is 2. The molecule has 0 atom stereocenters. The summed E-state index contributed by atoms with van der Waals surface area (Å²) in [7, 11) is 0. The standard InChI is InChI=1S/C17H15ClN4O2/c18-11-1-4-15-10(7-11)5-6-22(15)9-16(23)19-12-2-3-13-14(8-12)21-17(24)20-13/h1-4,7-8H,5-6,9H2,(H,19,23)(H2,20,21,24). The predicted molar refractivity (Wildman–Crippen MR) is 94.9 cm³/mol. The number of hydrogen-bond donors (Lipinski definition) is 3. The fourth-order valence-electron chi connectivity index (χ4n) is 3.09. The SMILES string of the molecule is O=C(CN1CCc2cc(Cl)ccc21)Nc1ccc2[nH]c(=O)[nH]c2c1. The van der Waals surface area contributed by atoms with Crippen LogP contribution in [0.15, 0.2) is 41.2 Å². The monoisotopic (exact) mass is 342 g/mol. The number of aromatic amines is 2. The second kappa shape index (κ2) is 5.72. The molecule has 3 aromatic rings. The van der Waals surface area contributed by atoms with E-state index in [2.05, 4.69) is 15.3 Å². The number of amides is 1. The maximum atomic E-state index is 12.3. The molecule has 1 aliphatic heterocycles. The van der Waals surface area contributed by atoms with Crippen molar-refractivity contribution in [2.45, 2.75) is 6.42 Å². The summed E-state index contributed by atoms with van der Waals surface area (Å²) in [6.07, 6.45) is 0.889. The van der Waals surface area contributed by atoms with Crippen molar-refractivity contribution < 1.29 is 4.79 Å². The Balaban J connectivity index is 1.48. The average molecular weight is 343 g/mol. The summed E-state index contributed by atoms with van der Waals surface area (Å²) in [6.45, 7) is 1.07. The molecule has 0 radical (unpaired) electrons. The van der Waals surface area contributed by atoms with E-state index < -0.39 is 0 Å². The van der Waals surface area contributed by atoms with Crippen LogP contribution in [0, 0.1) is 0 Å². The van der Waals surface area contributed by atoms with Crippen molar-refractivity contribution in [2.24, 2.45) is 0 Å². The number of hydrogen-bond acceptors (Lipinski definition) is 3. The van der Waals surface area contributed by atoms with E-state index >= 15 is 0 Å². The van der Waals surface area contributed by atoms with E-state index in [0.717, 1.165) is 18.7 Å². The van der Waals surface area contributed by atoms with Gasteiger partial charge >= 0.3 is 5.69 Å². The van der Waals surface area contributed by atoms with Gasteiger partial charge in [0, 0.05) is 22.9 Å². The number of halogens is 1. The lowest BCUT2D eigenvalue weighted by molar-refractivity contribution is -0.115. The van der Waals surface area contributed by atoms with Gasteiger partial charge in [-0.25, -0.2) is 4.79 Å². The van der Waals surface area contributed by atoms with Gasteiger partial charge in [0.25, 0.3) is 0 Å². The second-order valence-corrected chi connectivity index (χ2v) is 6.27. The molecule has 0 saturated heterocycles. The molecule has 2 heterocycles. The number of fused-ring (bicyclic) bond motifs is 2. The topological polar surface area (TPSA) is 81.0 Å². The van der Waals surface area contributed by atoms with E-state index in [-0.39, 0.29) is 18.1 Å². The van der Waals surface area contributed by atoms with Crippen LogP contribution in [0.3, 0.4) is 0 Å². The third-order valence-electron chi connectivity index (χ3n) is 4.17. The first kappa shape index (κ1) is 14.8.